The van der Waals surface area contributed by atoms with E-state index in [0.29, 0.717) is 21.3 Å². The molecular formula is C24H26Cl2N2O. The maximum Gasteiger partial charge on any atom is 0.275 e. The number of halogens is 2. The summed E-state index contributed by atoms with van der Waals surface area (Å²) in [5.74, 6) is -0.00691. The fourth-order valence-corrected chi connectivity index (χ4v) is 5.31. The third-order valence-electron chi connectivity index (χ3n) is 6.04. The van der Waals surface area contributed by atoms with Gasteiger partial charge in [-0.3, -0.25) is 9.79 Å². The SMILES string of the molecule is CCCC(c1ccccc1)N1C(=O)C(c2cc(Cl)cc(Cl)c2)=NC12CCCCC2. The van der Waals surface area contributed by atoms with Crippen LogP contribution in [0.3, 0.4) is 0 Å². The standard InChI is InChI=1S/C24H26Cl2N2O/c1-2-9-21(17-10-5-3-6-11-17)28-23(29)22(18-14-19(25)16-20(26)15-18)27-24(28)12-7-4-8-13-24/h3,5-6,10-11,14-16,21H,2,4,7-9,12-13H2,1H3. The predicted molar refractivity (Wildman–Crippen MR) is 120 cm³/mol. The van der Waals surface area contributed by atoms with Crippen LogP contribution in [0.15, 0.2) is 53.5 Å². The fourth-order valence-electron chi connectivity index (χ4n) is 4.79. The molecule has 1 fully saturated rings. The van der Waals surface area contributed by atoms with Gasteiger partial charge in [-0.2, -0.15) is 0 Å². The van der Waals surface area contributed by atoms with Gasteiger partial charge in [0.05, 0.1) is 6.04 Å². The molecule has 1 spiro atoms. The van der Waals surface area contributed by atoms with E-state index in [4.69, 9.17) is 28.2 Å². The van der Waals surface area contributed by atoms with Crippen molar-refractivity contribution in [1.29, 1.82) is 0 Å². The molecule has 1 atom stereocenters. The molecule has 1 aliphatic carbocycles. The lowest BCUT2D eigenvalue weighted by Gasteiger charge is -2.44. The second-order valence-electron chi connectivity index (χ2n) is 8.05. The Morgan fingerprint density at radius 3 is 2.31 bits per heavy atom. The van der Waals surface area contributed by atoms with Crippen molar-refractivity contribution in [2.45, 2.75) is 63.6 Å². The van der Waals surface area contributed by atoms with E-state index in [1.165, 1.54) is 12.0 Å². The molecule has 2 aromatic rings. The van der Waals surface area contributed by atoms with Crippen molar-refractivity contribution in [1.82, 2.24) is 4.90 Å². The molecule has 3 nitrogen and oxygen atoms in total. The zero-order valence-corrected chi connectivity index (χ0v) is 18.2. The van der Waals surface area contributed by atoms with Crippen molar-refractivity contribution in [3.63, 3.8) is 0 Å². The predicted octanol–water partition coefficient (Wildman–Crippen LogP) is 6.83. The minimum atomic E-state index is -0.463. The Kier molecular flexibility index (Phi) is 5.98. The number of aliphatic imine (C=N–C) groups is 1. The third-order valence-corrected chi connectivity index (χ3v) is 6.47. The summed E-state index contributed by atoms with van der Waals surface area (Å²) in [4.78, 5) is 21.0. The lowest BCUT2D eigenvalue weighted by Crippen LogP contribution is -2.50. The number of carbonyl (C=O) groups excluding carboxylic acids is 1. The Hall–Kier alpha value is -1.84. The van der Waals surface area contributed by atoms with E-state index >= 15 is 0 Å². The van der Waals surface area contributed by atoms with Gasteiger partial charge in [0.1, 0.15) is 11.4 Å². The number of hydrogen-bond donors (Lipinski definition) is 0. The van der Waals surface area contributed by atoms with Gasteiger partial charge in [-0.05, 0) is 55.9 Å². The Labute approximate surface area is 182 Å². The quantitative estimate of drug-likeness (QED) is 0.513. The first-order chi connectivity index (χ1) is 14.0. The minimum absolute atomic E-state index is 0.00691. The summed E-state index contributed by atoms with van der Waals surface area (Å²) in [7, 11) is 0. The van der Waals surface area contributed by atoms with E-state index in [2.05, 4.69) is 24.0 Å². The van der Waals surface area contributed by atoms with Gasteiger partial charge >= 0.3 is 0 Å². The van der Waals surface area contributed by atoms with Gasteiger partial charge in [-0.1, -0.05) is 73.3 Å². The van der Waals surface area contributed by atoms with Crippen molar-refractivity contribution in [3.05, 3.63) is 69.7 Å². The van der Waals surface area contributed by atoms with Crippen molar-refractivity contribution in [2.24, 2.45) is 4.99 Å². The Morgan fingerprint density at radius 2 is 1.69 bits per heavy atom. The number of nitrogens with zero attached hydrogens (tertiary/aromatic N) is 2. The Bertz CT molecular complexity index is 899. The van der Waals surface area contributed by atoms with Crippen LogP contribution < -0.4 is 0 Å². The molecule has 0 bridgehead atoms. The molecule has 5 heteroatoms. The van der Waals surface area contributed by atoms with Crippen LogP contribution in [-0.2, 0) is 4.79 Å². The monoisotopic (exact) mass is 428 g/mol. The zero-order chi connectivity index (χ0) is 20.4. The maximum atomic E-state index is 13.8. The third kappa shape index (κ3) is 3.95. The number of amides is 1. The first kappa shape index (κ1) is 20.4. The van der Waals surface area contributed by atoms with E-state index in [9.17, 15) is 4.79 Å². The van der Waals surface area contributed by atoms with Crippen molar-refractivity contribution >= 4 is 34.8 Å². The second-order valence-corrected chi connectivity index (χ2v) is 8.92. The van der Waals surface area contributed by atoms with Crippen molar-refractivity contribution < 1.29 is 4.79 Å². The maximum absolute atomic E-state index is 13.8. The topological polar surface area (TPSA) is 32.7 Å². The van der Waals surface area contributed by atoms with Crippen LogP contribution in [0, 0.1) is 0 Å². The highest BCUT2D eigenvalue weighted by Crippen LogP contribution is 2.45. The molecule has 1 saturated carbocycles. The molecule has 0 aromatic heterocycles. The molecule has 4 rings (SSSR count). The largest absolute Gasteiger partial charge is 0.305 e. The van der Waals surface area contributed by atoms with Gasteiger partial charge in [-0.25, -0.2) is 0 Å². The first-order valence-electron chi connectivity index (χ1n) is 10.5. The summed E-state index contributed by atoms with van der Waals surface area (Å²) < 4.78 is 0. The van der Waals surface area contributed by atoms with E-state index in [-0.39, 0.29) is 11.9 Å². The second kappa shape index (κ2) is 8.49. The van der Waals surface area contributed by atoms with Crippen LogP contribution in [0.5, 0.6) is 0 Å². The van der Waals surface area contributed by atoms with Crippen LogP contribution in [0.2, 0.25) is 10.0 Å². The van der Waals surface area contributed by atoms with Crippen LogP contribution in [0.1, 0.15) is 69.0 Å². The summed E-state index contributed by atoms with van der Waals surface area (Å²) in [5.41, 5.74) is 1.92. The van der Waals surface area contributed by atoms with Gasteiger partial charge in [0.25, 0.3) is 5.91 Å². The fraction of sp³-hybridized carbons (Fsp3) is 0.417. The van der Waals surface area contributed by atoms with Crippen molar-refractivity contribution in [2.75, 3.05) is 0 Å². The number of benzene rings is 2. The molecular weight excluding hydrogens is 403 g/mol. The molecule has 0 N–H and O–H groups in total. The highest BCUT2D eigenvalue weighted by Gasteiger charge is 2.50. The first-order valence-corrected chi connectivity index (χ1v) is 11.2. The molecule has 2 aliphatic rings. The number of rotatable bonds is 5. The van der Waals surface area contributed by atoms with Crippen LogP contribution in [0.25, 0.3) is 0 Å². The summed E-state index contributed by atoms with van der Waals surface area (Å²) in [5, 5.41) is 1.04. The molecule has 152 valence electrons. The lowest BCUT2D eigenvalue weighted by molar-refractivity contribution is -0.132. The average Bonchev–Trinajstić information content (AvgIpc) is 2.98. The Morgan fingerprint density at radius 1 is 1.03 bits per heavy atom. The lowest BCUT2D eigenvalue weighted by atomic mass is 9.86. The molecule has 1 aliphatic heterocycles. The average molecular weight is 429 g/mol. The molecule has 29 heavy (non-hydrogen) atoms. The normalized spacial score (nSPS) is 19.5. The minimum Gasteiger partial charge on any atom is -0.305 e. The van der Waals surface area contributed by atoms with Crippen LogP contribution in [-0.4, -0.2) is 22.2 Å². The Balaban J connectivity index is 1.81. The van der Waals surface area contributed by atoms with E-state index < -0.39 is 5.66 Å². The van der Waals surface area contributed by atoms with Gasteiger partial charge in [-0.15, -0.1) is 0 Å². The molecule has 0 saturated heterocycles. The van der Waals surface area contributed by atoms with Gasteiger partial charge in [0.15, 0.2) is 0 Å². The summed E-state index contributed by atoms with van der Waals surface area (Å²) >= 11 is 12.5. The molecule has 1 heterocycles. The van der Waals surface area contributed by atoms with Crippen LogP contribution in [0.4, 0.5) is 0 Å². The molecule has 2 aromatic carbocycles. The highest BCUT2D eigenvalue weighted by atomic mass is 35.5. The van der Waals surface area contributed by atoms with Gasteiger partial charge in [0, 0.05) is 15.6 Å². The smallest absolute Gasteiger partial charge is 0.275 e. The summed E-state index contributed by atoms with van der Waals surface area (Å²) in [6.45, 7) is 2.17. The summed E-state index contributed by atoms with van der Waals surface area (Å²) in [6, 6.07) is 15.6. The van der Waals surface area contributed by atoms with E-state index in [1.807, 2.05) is 18.2 Å². The van der Waals surface area contributed by atoms with Crippen molar-refractivity contribution in [3.8, 4) is 0 Å². The number of hydrogen-bond acceptors (Lipinski definition) is 2. The summed E-state index contributed by atoms with van der Waals surface area (Å²) in [6.07, 6.45) is 7.10. The van der Waals surface area contributed by atoms with Gasteiger partial charge in [0.2, 0.25) is 0 Å². The zero-order valence-electron chi connectivity index (χ0n) is 16.7. The van der Waals surface area contributed by atoms with Crippen LogP contribution >= 0.6 is 23.2 Å². The molecule has 0 radical (unpaired) electrons. The number of carbonyl (C=O) groups is 1. The highest BCUT2D eigenvalue weighted by molar-refractivity contribution is 6.47. The van der Waals surface area contributed by atoms with E-state index in [1.54, 1.807) is 18.2 Å². The molecule has 1 amide bonds. The van der Waals surface area contributed by atoms with Gasteiger partial charge < -0.3 is 4.90 Å². The van der Waals surface area contributed by atoms with E-state index in [0.717, 1.165) is 38.5 Å². The molecule has 1 unspecified atom stereocenters.